The molecule has 156 valence electrons. The Bertz CT molecular complexity index is 1060. The number of carbonyl (C=O) groups is 1. The van der Waals surface area contributed by atoms with Gasteiger partial charge in [-0.2, -0.15) is 0 Å². The molecule has 0 aromatic heterocycles. The Balaban J connectivity index is 1.69. The zero-order valence-electron chi connectivity index (χ0n) is 17.4. The number of hydrogen-bond donors (Lipinski definition) is 0. The second-order valence-electron chi connectivity index (χ2n) is 7.25. The van der Waals surface area contributed by atoms with E-state index in [4.69, 9.17) is 14.2 Å². The molecule has 3 rings (SSSR count). The van der Waals surface area contributed by atoms with Gasteiger partial charge in [-0.25, -0.2) is 4.79 Å². The lowest BCUT2D eigenvalue weighted by molar-refractivity contribution is -0.128. The van der Waals surface area contributed by atoms with E-state index in [1.165, 1.54) is 6.08 Å². The predicted molar refractivity (Wildman–Crippen MR) is 124 cm³/mol. The van der Waals surface area contributed by atoms with E-state index in [0.717, 1.165) is 20.8 Å². The van der Waals surface area contributed by atoms with Gasteiger partial charge in [0.05, 0.1) is 13.2 Å². The van der Waals surface area contributed by atoms with E-state index in [-0.39, 0.29) is 0 Å². The summed E-state index contributed by atoms with van der Waals surface area (Å²) in [4.78, 5) is 12.3. The maximum atomic E-state index is 12.3. The van der Waals surface area contributed by atoms with Gasteiger partial charge in [-0.3, -0.25) is 0 Å². The van der Waals surface area contributed by atoms with Crippen LogP contribution < -0.4 is 14.2 Å². The number of halogens is 1. The van der Waals surface area contributed by atoms with Crippen molar-refractivity contribution in [3.63, 3.8) is 0 Å². The first-order valence-corrected chi connectivity index (χ1v) is 10.7. The van der Waals surface area contributed by atoms with Crippen molar-refractivity contribution in [3.8, 4) is 17.2 Å². The zero-order chi connectivity index (χ0) is 21.5. The average molecular weight is 469 g/mol. The van der Waals surface area contributed by atoms with Gasteiger partial charge in [-0.1, -0.05) is 48.0 Å². The van der Waals surface area contributed by atoms with Crippen molar-refractivity contribution >= 4 is 38.7 Å². The highest BCUT2D eigenvalue weighted by atomic mass is 79.9. The Hall–Kier alpha value is -2.79. The van der Waals surface area contributed by atoms with Gasteiger partial charge in [-0.05, 0) is 71.7 Å². The highest BCUT2D eigenvalue weighted by molar-refractivity contribution is 9.10. The SMILES string of the molecule is CCOc1cc(/C=C/C(=O)Oc2ccc3cc(Br)ccc3c2)ccc1OCC(C)C. The van der Waals surface area contributed by atoms with E-state index >= 15 is 0 Å². The fourth-order valence-corrected chi connectivity index (χ4v) is 3.22. The van der Waals surface area contributed by atoms with Crippen molar-refractivity contribution in [2.75, 3.05) is 13.2 Å². The monoisotopic (exact) mass is 468 g/mol. The summed E-state index contributed by atoms with van der Waals surface area (Å²) in [5, 5.41) is 2.08. The molecular formula is C25H25BrO4. The quantitative estimate of drug-likeness (QED) is 0.210. The lowest BCUT2D eigenvalue weighted by atomic mass is 10.1. The van der Waals surface area contributed by atoms with E-state index < -0.39 is 5.97 Å². The fourth-order valence-electron chi connectivity index (χ4n) is 2.84. The number of rotatable bonds is 8. The molecule has 0 aliphatic rings. The zero-order valence-corrected chi connectivity index (χ0v) is 18.9. The van der Waals surface area contributed by atoms with Crippen molar-refractivity contribution < 1.29 is 19.0 Å². The molecule has 0 atom stereocenters. The largest absolute Gasteiger partial charge is 0.490 e. The van der Waals surface area contributed by atoms with Crippen LogP contribution >= 0.6 is 15.9 Å². The molecule has 0 aliphatic heterocycles. The van der Waals surface area contributed by atoms with Gasteiger partial charge in [0.15, 0.2) is 11.5 Å². The third-order valence-electron chi connectivity index (χ3n) is 4.24. The number of ether oxygens (including phenoxy) is 3. The van der Waals surface area contributed by atoms with Crippen LogP contribution in [-0.2, 0) is 4.79 Å². The maximum absolute atomic E-state index is 12.3. The third-order valence-corrected chi connectivity index (χ3v) is 4.74. The molecule has 0 bridgehead atoms. The van der Waals surface area contributed by atoms with Crippen molar-refractivity contribution in [2.24, 2.45) is 5.92 Å². The molecule has 0 aliphatic carbocycles. The highest BCUT2D eigenvalue weighted by Crippen LogP contribution is 2.29. The topological polar surface area (TPSA) is 44.8 Å². The molecule has 0 unspecified atom stereocenters. The standard InChI is InChI=1S/C25H25BrO4/c1-4-28-24-13-18(5-11-23(24)29-16-17(2)3)6-12-25(27)30-22-10-8-19-14-21(26)9-7-20(19)15-22/h5-15,17H,4,16H2,1-3H3/b12-6+. The number of benzene rings is 3. The molecule has 4 nitrogen and oxygen atoms in total. The third kappa shape index (κ3) is 6.10. The van der Waals surface area contributed by atoms with Crippen LogP contribution in [0.4, 0.5) is 0 Å². The first-order valence-electron chi connectivity index (χ1n) is 9.93. The van der Waals surface area contributed by atoms with E-state index in [0.29, 0.717) is 36.4 Å². The molecule has 0 fully saturated rings. The lowest BCUT2D eigenvalue weighted by Gasteiger charge is -2.14. The Morgan fingerprint density at radius 2 is 1.73 bits per heavy atom. The minimum absolute atomic E-state index is 0.422. The molecule has 0 amide bonds. The van der Waals surface area contributed by atoms with E-state index in [9.17, 15) is 4.79 Å². The first kappa shape index (κ1) is 21.9. The average Bonchev–Trinajstić information content (AvgIpc) is 2.72. The van der Waals surface area contributed by atoms with Gasteiger partial charge < -0.3 is 14.2 Å². The Kier molecular flexibility index (Phi) is 7.52. The van der Waals surface area contributed by atoms with Crippen molar-refractivity contribution in [1.29, 1.82) is 0 Å². The second kappa shape index (κ2) is 10.3. The molecule has 0 saturated carbocycles. The van der Waals surface area contributed by atoms with Crippen LogP contribution in [0.1, 0.15) is 26.3 Å². The van der Waals surface area contributed by atoms with Gasteiger partial charge in [0, 0.05) is 10.5 Å². The van der Waals surface area contributed by atoms with Crippen LogP contribution in [0, 0.1) is 5.92 Å². The lowest BCUT2D eigenvalue weighted by Crippen LogP contribution is -2.06. The summed E-state index contributed by atoms with van der Waals surface area (Å²) in [6.07, 6.45) is 3.11. The van der Waals surface area contributed by atoms with Gasteiger partial charge >= 0.3 is 5.97 Å². The Morgan fingerprint density at radius 1 is 0.967 bits per heavy atom. The Labute approximate surface area is 185 Å². The second-order valence-corrected chi connectivity index (χ2v) is 8.17. The van der Waals surface area contributed by atoms with Gasteiger partial charge in [0.2, 0.25) is 0 Å². The van der Waals surface area contributed by atoms with E-state index in [1.54, 1.807) is 12.1 Å². The molecule has 3 aromatic carbocycles. The molecule has 0 heterocycles. The first-order chi connectivity index (χ1) is 14.4. The van der Waals surface area contributed by atoms with E-state index in [1.807, 2.05) is 55.5 Å². The number of esters is 1. The summed E-state index contributed by atoms with van der Waals surface area (Å²) >= 11 is 3.46. The molecule has 0 saturated heterocycles. The van der Waals surface area contributed by atoms with Crippen LogP contribution in [0.15, 0.2) is 65.1 Å². The fraction of sp³-hybridized carbons (Fsp3) is 0.240. The summed E-state index contributed by atoms with van der Waals surface area (Å²) in [6.45, 7) is 7.26. The molecule has 5 heteroatoms. The summed E-state index contributed by atoms with van der Waals surface area (Å²) in [7, 11) is 0. The van der Waals surface area contributed by atoms with Crippen molar-refractivity contribution in [1.82, 2.24) is 0 Å². The van der Waals surface area contributed by atoms with E-state index in [2.05, 4.69) is 29.8 Å². The smallest absolute Gasteiger partial charge is 0.336 e. The van der Waals surface area contributed by atoms with Crippen LogP contribution in [0.3, 0.4) is 0 Å². The molecule has 0 spiro atoms. The summed E-state index contributed by atoms with van der Waals surface area (Å²) in [5.74, 6) is 1.85. The Morgan fingerprint density at radius 3 is 2.50 bits per heavy atom. The predicted octanol–water partition coefficient (Wildman–Crippen LogP) is 6.65. The molecule has 0 radical (unpaired) electrons. The number of fused-ring (bicyclic) bond motifs is 1. The van der Waals surface area contributed by atoms with Crippen LogP contribution in [0.25, 0.3) is 16.8 Å². The van der Waals surface area contributed by atoms with Crippen molar-refractivity contribution in [2.45, 2.75) is 20.8 Å². The normalized spacial score (nSPS) is 11.2. The minimum Gasteiger partial charge on any atom is -0.490 e. The van der Waals surface area contributed by atoms with Crippen LogP contribution in [0.5, 0.6) is 17.2 Å². The molecular weight excluding hydrogens is 444 g/mol. The molecule has 0 N–H and O–H groups in total. The number of hydrogen-bond acceptors (Lipinski definition) is 4. The highest BCUT2D eigenvalue weighted by Gasteiger charge is 2.08. The summed E-state index contributed by atoms with van der Waals surface area (Å²) < 4.78 is 17.9. The van der Waals surface area contributed by atoms with Gasteiger partial charge in [0.25, 0.3) is 0 Å². The minimum atomic E-state index is -0.440. The molecule has 30 heavy (non-hydrogen) atoms. The van der Waals surface area contributed by atoms with Gasteiger partial charge in [0.1, 0.15) is 5.75 Å². The summed E-state index contributed by atoms with van der Waals surface area (Å²) in [5.41, 5.74) is 0.829. The summed E-state index contributed by atoms with van der Waals surface area (Å²) in [6, 6.07) is 17.1. The van der Waals surface area contributed by atoms with Crippen LogP contribution in [-0.4, -0.2) is 19.2 Å². The van der Waals surface area contributed by atoms with Crippen LogP contribution in [0.2, 0.25) is 0 Å². The number of carbonyl (C=O) groups excluding carboxylic acids is 1. The van der Waals surface area contributed by atoms with Gasteiger partial charge in [-0.15, -0.1) is 0 Å². The maximum Gasteiger partial charge on any atom is 0.336 e. The molecule has 3 aromatic rings. The van der Waals surface area contributed by atoms with Crippen molar-refractivity contribution in [3.05, 3.63) is 70.7 Å².